The summed E-state index contributed by atoms with van der Waals surface area (Å²) in [5, 5.41) is 0. The molecule has 0 saturated heterocycles. The van der Waals surface area contributed by atoms with Crippen LogP contribution in [0.1, 0.15) is 27.2 Å². The molecule has 0 aliphatic rings. The van der Waals surface area contributed by atoms with Crippen LogP contribution in [0.2, 0.25) is 0 Å². The summed E-state index contributed by atoms with van der Waals surface area (Å²) in [5.41, 5.74) is 0.854. The molecule has 0 spiro atoms. The fourth-order valence-corrected chi connectivity index (χ4v) is 1.08. The molecule has 0 aromatic rings. The van der Waals surface area contributed by atoms with Gasteiger partial charge in [0.2, 0.25) is 0 Å². The molecular formula is C8H13BrO. The minimum Gasteiger partial charge on any atom is -0.293 e. The van der Waals surface area contributed by atoms with E-state index in [9.17, 15) is 4.79 Å². The van der Waals surface area contributed by atoms with Crippen molar-refractivity contribution in [3.63, 3.8) is 0 Å². The molecular weight excluding hydrogens is 192 g/mol. The Hall–Kier alpha value is -0.110. The van der Waals surface area contributed by atoms with Gasteiger partial charge in [-0.3, -0.25) is 4.79 Å². The number of carbonyl (C=O) groups is 1. The van der Waals surface area contributed by atoms with Gasteiger partial charge in [0.1, 0.15) is 0 Å². The van der Waals surface area contributed by atoms with Crippen molar-refractivity contribution in [2.75, 3.05) is 0 Å². The molecule has 0 bridgehead atoms. The zero-order valence-electron chi connectivity index (χ0n) is 6.65. The van der Waals surface area contributed by atoms with Gasteiger partial charge in [-0.25, -0.2) is 0 Å². The van der Waals surface area contributed by atoms with E-state index in [0.29, 0.717) is 0 Å². The third kappa shape index (κ3) is 3.16. The second-order valence-electron chi connectivity index (χ2n) is 2.28. The highest BCUT2D eigenvalue weighted by molar-refractivity contribution is 9.10. The zero-order chi connectivity index (χ0) is 8.15. The van der Waals surface area contributed by atoms with Crippen molar-refractivity contribution in [1.82, 2.24) is 0 Å². The quantitative estimate of drug-likeness (QED) is 0.511. The van der Waals surface area contributed by atoms with Gasteiger partial charge in [0.05, 0.1) is 4.83 Å². The fourth-order valence-electron chi connectivity index (χ4n) is 0.721. The summed E-state index contributed by atoms with van der Waals surface area (Å²) in [4.78, 5) is 11.1. The van der Waals surface area contributed by atoms with Crippen LogP contribution in [0.15, 0.2) is 11.6 Å². The Kier molecular flexibility index (Phi) is 4.62. The van der Waals surface area contributed by atoms with Gasteiger partial charge in [-0.1, -0.05) is 28.9 Å². The maximum absolute atomic E-state index is 11.1. The number of halogens is 1. The van der Waals surface area contributed by atoms with Gasteiger partial charge < -0.3 is 0 Å². The van der Waals surface area contributed by atoms with Gasteiger partial charge in [0.15, 0.2) is 5.78 Å². The normalized spacial score (nSPS) is 15.0. The van der Waals surface area contributed by atoms with Crippen LogP contribution < -0.4 is 0 Å². The molecule has 0 aliphatic heterocycles. The molecule has 0 rings (SSSR count). The number of carbonyl (C=O) groups excluding carboxylic acids is 1. The first kappa shape index (κ1) is 9.89. The third-order valence-electron chi connectivity index (χ3n) is 1.26. The summed E-state index contributed by atoms with van der Waals surface area (Å²) in [6.45, 7) is 5.72. The first-order chi connectivity index (χ1) is 4.59. The largest absolute Gasteiger partial charge is 0.293 e. The van der Waals surface area contributed by atoms with Gasteiger partial charge in [0.25, 0.3) is 0 Å². The Balaban J connectivity index is 4.08. The highest BCUT2D eigenvalue weighted by atomic mass is 79.9. The lowest BCUT2D eigenvalue weighted by Crippen LogP contribution is -2.10. The summed E-state index contributed by atoms with van der Waals surface area (Å²) in [6, 6.07) is 0. The van der Waals surface area contributed by atoms with Crippen LogP contribution >= 0.6 is 15.9 Å². The van der Waals surface area contributed by atoms with Crippen molar-refractivity contribution in [3.05, 3.63) is 11.6 Å². The lowest BCUT2D eigenvalue weighted by atomic mass is 10.1. The van der Waals surface area contributed by atoms with Crippen LogP contribution in [0.25, 0.3) is 0 Å². The molecule has 58 valence electrons. The zero-order valence-corrected chi connectivity index (χ0v) is 8.23. The molecule has 10 heavy (non-hydrogen) atoms. The van der Waals surface area contributed by atoms with Gasteiger partial charge in [-0.05, 0) is 25.8 Å². The lowest BCUT2D eigenvalue weighted by molar-refractivity contribution is -0.114. The summed E-state index contributed by atoms with van der Waals surface area (Å²) in [6.07, 6.45) is 2.87. The predicted octanol–water partition coefficient (Wildman–Crippen LogP) is 2.70. The number of alkyl halides is 1. The van der Waals surface area contributed by atoms with E-state index in [1.807, 2.05) is 26.8 Å². The van der Waals surface area contributed by atoms with Gasteiger partial charge >= 0.3 is 0 Å². The van der Waals surface area contributed by atoms with Crippen LogP contribution in [-0.4, -0.2) is 10.6 Å². The first-order valence-electron chi connectivity index (χ1n) is 3.44. The monoisotopic (exact) mass is 204 g/mol. The summed E-state index contributed by atoms with van der Waals surface area (Å²) < 4.78 is 0. The Morgan fingerprint density at radius 1 is 1.70 bits per heavy atom. The molecule has 0 fully saturated rings. The predicted molar refractivity (Wildman–Crippen MR) is 47.4 cm³/mol. The molecule has 0 amide bonds. The maximum Gasteiger partial charge on any atom is 0.171 e. The Morgan fingerprint density at radius 3 is 2.50 bits per heavy atom. The van der Waals surface area contributed by atoms with E-state index in [2.05, 4.69) is 15.9 Å². The van der Waals surface area contributed by atoms with E-state index < -0.39 is 0 Å². The van der Waals surface area contributed by atoms with Crippen LogP contribution in [-0.2, 0) is 4.79 Å². The van der Waals surface area contributed by atoms with Crippen molar-refractivity contribution in [1.29, 1.82) is 0 Å². The van der Waals surface area contributed by atoms with Gasteiger partial charge in [-0.15, -0.1) is 0 Å². The minimum absolute atomic E-state index is 0.0460. The summed E-state index contributed by atoms with van der Waals surface area (Å²) in [7, 11) is 0. The van der Waals surface area contributed by atoms with E-state index in [-0.39, 0.29) is 10.6 Å². The van der Waals surface area contributed by atoms with E-state index in [1.165, 1.54) is 0 Å². The molecule has 1 atom stereocenters. The smallest absolute Gasteiger partial charge is 0.171 e. The molecule has 0 saturated carbocycles. The molecule has 0 aromatic carbocycles. The van der Waals surface area contributed by atoms with E-state index >= 15 is 0 Å². The Bertz CT molecular complexity index is 147. The SMILES string of the molecule is CC/C=C(\C)C(=O)C(C)Br. The minimum atomic E-state index is -0.0460. The summed E-state index contributed by atoms with van der Waals surface area (Å²) in [5.74, 6) is 0.182. The third-order valence-corrected chi connectivity index (χ3v) is 1.68. The maximum atomic E-state index is 11.1. The van der Waals surface area contributed by atoms with Crippen LogP contribution in [0.5, 0.6) is 0 Å². The average molecular weight is 205 g/mol. The van der Waals surface area contributed by atoms with E-state index in [1.54, 1.807) is 0 Å². The van der Waals surface area contributed by atoms with Crippen molar-refractivity contribution in [3.8, 4) is 0 Å². The molecule has 0 aromatic heterocycles. The van der Waals surface area contributed by atoms with Crippen LogP contribution in [0.4, 0.5) is 0 Å². The van der Waals surface area contributed by atoms with Crippen molar-refractivity contribution < 1.29 is 4.79 Å². The van der Waals surface area contributed by atoms with E-state index in [4.69, 9.17) is 0 Å². The second-order valence-corrected chi connectivity index (χ2v) is 3.65. The highest BCUT2D eigenvalue weighted by Gasteiger charge is 2.09. The van der Waals surface area contributed by atoms with Gasteiger partial charge in [-0.2, -0.15) is 0 Å². The van der Waals surface area contributed by atoms with Crippen LogP contribution in [0, 0.1) is 0 Å². The van der Waals surface area contributed by atoms with Crippen molar-refractivity contribution in [2.24, 2.45) is 0 Å². The molecule has 0 N–H and O–H groups in total. The number of ketones is 1. The van der Waals surface area contributed by atoms with E-state index in [0.717, 1.165) is 12.0 Å². The molecule has 1 nitrogen and oxygen atoms in total. The highest BCUT2D eigenvalue weighted by Crippen LogP contribution is 2.07. The fraction of sp³-hybridized carbons (Fsp3) is 0.625. The standard InChI is InChI=1S/C8H13BrO/c1-4-5-6(2)8(10)7(3)9/h5,7H,4H2,1-3H3/b6-5+. The first-order valence-corrected chi connectivity index (χ1v) is 4.36. The number of rotatable bonds is 3. The summed E-state index contributed by atoms with van der Waals surface area (Å²) >= 11 is 3.22. The lowest BCUT2D eigenvalue weighted by Gasteiger charge is -2.00. The van der Waals surface area contributed by atoms with Gasteiger partial charge in [0, 0.05) is 0 Å². The Morgan fingerprint density at radius 2 is 2.20 bits per heavy atom. The number of allylic oxidation sites excluding steroid dienone is 2. The topological polar surface area (TPSA) is 17.1 Å². The number of hydrogen-bond acceptors (Lipinski definition) is 1. The molecule has 0 radical (unpaired) electrons. The van der Waals surface area contributed by atoms with Crippen LogP contribution in [0.3, 0.4) is 0 Å². The average Bonchev–Trinajstić information content (AvgIpc) is 1.87. The Labute approximate surface area is 70.6 Å². The second kappa shape index (κ2) is 4.67. The molecule has 2 heteroatoms. The number of hydrogen-bond donors (Lipinski definition) is 0. The van der Waals surface area contributed by atoms with Crippen molar-refractivity contribution >= 4 is 21.7 Å². The number of Topliss-reactive ketones (excluding diaryl/α,β-unsaturated/α-hetero) is 1. The molecule has 0 heterocycles. The molecule has 0 aliphatic carbocycles. The molecule has 1 unspecified atom stereocenters. The van der Waals surface area contributed by atoms with Crippen molar-refractivity contribution in [2.45, 2.75) is 32.0 Å².